The van der Waals surface area contributed by atoms with E-state index in [1.807, 2.05) is 23.8 Å². The molecule has 5 rings (SSSR count). The Balaban J connectivity index is 1.30. The molecule has 1 fully saturated rings. The van der Waals surface area contributed by atoms with Gasteiger partial charge in [0.2, 0.25) is 5.91 Å². The molecule has 3 amide bonds. The molecular formula is C28H32N8O2S. The molecule has 2 aliphatic rings. The van der Waals surface area contributed by atoms with Gasteiger partial charge < -0.3 is 10.2 Å². The van der Waals surface area contributed by atoms with Crippen molar-refractivity contribution in [3.8, 4) is 6.07 Å². The first-order valence-corrected chi connectivity index (χ1v) is 13.9. The lowest BCUT2D eigenvalue weighted by Crippen LogP contribution is -2.48. The summed E-state index contributed by atoms with van der Waals surface area (Å²) < 4.78 is 0. The summed E-state index contributed by atoms with van der Waals surface area (Å²) in [5, 5.41) is 15.7. The first kappa shape index (κ1) is 26.6. The number of urea groups is 1. The van der Waals surface area contributed by atoms with Crippen molar-refractivity contribution >= 4 is 40.6 Å². The van der Waals surface area contributed by atoms with E-state index in [0.29, 0.717) is 55.6 Å². The lowest BCUT2D eigenvalue weighted by atomic mass is 10.0. The Hall–Kier alpha value is -4.01. The third-order valence-electron chi connectivity index (χ3n) is 7.08. The number of piperazine rings is 1. The molecule has 11 heteroatoms. The normalized spacial score (nSPS) is 15.6. The molecule has 0 aliphatic carbocycles. The minimum atomic E-state index is -0.318. The maximum atomic E-state index is 13.4. The van der Waals surface area contributed by atoms with Crippen molar-refractivity contribution in [3.05, 3.63) is 62.6 Å². The number of aromatic nitrogens is 2. The lowest BCUT2D eigenvalue weighted by Gasteiger charge is -2.33. The van der Waals surface area contributed by atoms with Gasteiger partial charge in [-0.25, -0.2) is 14.8 Å². The molecule has 0 unspecified atom stereocenters. The molecule has 2 aliphatic heterocycles. The van der Waals surface area contributed by atoms with E-state index in [-0.39, 0.29) is 11.9 Å². The van der Waals surface area contributed by atoms with Gasteiger partial charge in [0.05, 0.1) is 17.8 Å². The van der Waals surface area contributed by atoms with E-state index in [4.69, 9.17) is 4.98 Å². The van der Waals surface area contributed by atoms with Crippen LogP contribution in [0.1, 0.15) is 38.6 Å². The smallest absolute Gasteiger partial charge is 0.328 e. The number of hydrogen-bond donors (Lipinski definition) is 2. The summed E-state index contributed by atoms with van der Waals surface area (Å²) in [6, 6.07) is 9.74. The van der Waals surface area contributed by atoms with Crippen molar-refractivity contribution in [1.82, 2.24) is 19.8 Å². The Morgan fingerprint density at radius 3 is 2.79 bits per heavy atom. The minimum Gasteiger partial charge on any atom is -0.379 e. The van der Waals surface area contributed by atoms with Crippen molar-refractivity contribution in [2.75, 3.05) is 48.8 Å². The van der Waals surface area contributed by atoms with Gasteiger partial charge in [-0.05, 0) is 63.1 Å². The predicted molar refractivity (Wildman–Crippen MR) is 152 cm³/mol. The van der Waals surface area contributed by atoms with Gasteiger partial charge in [0.15, 0.2) is 0 Å². The van der Waals surface area contributed by atoms with Crippen LogP contribution in [0.25, 0.3) is 0 Å². The number of thiophene rings is 1. The highest BCUT2D eigenvalue weighted by molar-refractivity contribution is 7.11. The largest absolute Gasteiger partial charge is 0.379 e. The average molecular weight is 545 g/mol. The number of anilines is 3. The summed E-state index contributed by atoms with van der Waals surface area (Å²) in [4.78, 5) is 42.9. The van der Waals surface area contributed by atoms with Crippen LogP contribution >= 0.6 is 11.3 Å². The fourth-order valence-corrected chi connectivity index (χ4v) is 5.72. The molecule has 0 bridgehead atoms. The second-order valence-electron chi connectivity index (χ2n) is 10.0. The highest BCUT2D eigenvalue weighted by Crippen LogP contribution is 2.29. The molecular weight excluding hydrogens is 512 g/mol. The van der Waals surface area contributed by atoms with Gasteiger partial charge in [-0.1, -0.05) is 0 Å². The molecule has 2 N–H and O–H groups in total. The molecule has 0 spiro atoms. The first-order valence-electron chi connectivity index (χ1n) is 13.0. The van der Waals surface area contributed by atoms with Crippen molar-refractivity contribution in [1.29, 1.82) is 5.26 Å². The third kappa shape index (κ3) is 6.02. The topological polar surface area (TPSA) is 117 Å². The van der Waals surface area contributed by atoms with Crippen LogP contribution < -0.4 is 15.5 Å². The highest BCUT2D eigenvalue weighted by Gasteiger charge is 2.27. The molecule has 39 heavy (non-hydrogen) atoms. The molecule has 202 valence electrons. The molecule has 0 saturated carbocycles. The Kier molecular flexibility index (Phi) is 7.77. The van der Waals surface area contributed by atoms with Crippen LogP contribution in [-0.4, -0.2) is 64.9 Å². The summed E-state index contributed by atoms with van der Waals surface area (Å²) in [6.07, 6.45) is 3.10. The zero-order chi connectivity index (χ0) is 27.5. The van der Waals surface area contributed by atoms with Gasteiger partial charge in [-0.3, -0.25) is 19.9 Å². The number of carbonyl (C=O) groups is 2. The van der Waals surface area contributed by atoms with Crippen LogP contribution in [0.3, 0.4) is 0 Å². The number of carbonyl (C=O) groups excluding carboxylic acids is 2. The fraction of sp³-hybridized carbons (Fsp3) is 0.393. The van der Waals surface area contributed by atoms with Crippen molar-refractivity contribution in [3.63, 3.8) is 0 Å². The number of likely N-dealkylation sites (N-methyl/N-ethyl adjacent to an activating group) is 1. The van der Waals surface area contributed by atoms with Crippen LogP contribution in [0.2, 0.25) is 0 Å². The number of aryl methyl sites for hydroxylation is 3. The SMILES string of the molecule is Cc1ccc(CNc2cc(NC(=O)N3CCCc4cc(CN5CCN(C)CC5=O)c(C)nc43)ncc2C#N)s1. The zero-order valence-electron chi connectivity index (χ0n) is 22.5. The monoisotopic (exact) mass is 544 g/mol. The van der Waals surface area contributed by atoms with Gasteiger partial charge in [-0.15, -0.1) is 11.3 Å². The molecule has 3 aromatic rings. The lowest BCUT2D eigenvalue weighted by molar-refractivity contribution is -0.136. The van der Waals surface area contributed by atoms with E-state index in [2.05, 4.69) is 46.8 Å². The molecule has 0 aromatic carbocycles. The maximum Gasteiger partial charge on any atom is 0.328 e. The number of pyridine rings is 2. The zero-order valence-corrected chi connectivity index (χ0v) is 23.3. The highest BCUT2D eigenvalue weighted by atomic mass is 32.1. The van der Waals surface area contributed by atoms with Crippen LogP contribution in [0.4, 0.5) is 22.1 Å². The summed E-state index contributed by atoms with van der Waals surface area (Å²) in [6.45, 7) is 7.61. The maximum absolute atomic E-state index is 13.4. The fourth-order valence-electron chi connectivity index (χ4n) is 4.89. The van der Waals surface area contributed by atoms with E-state index >= 15 is 0 Å². The number of fused-ring (bicyclic) bond motifs is 1. The number of nitrogens with one attached hydrogen (secondary N) is 2. The number of nitriles is 1. The van der Waals surface area contributed by atoms with Gasteiger partial charge >= 0.3 is 6.03 Å². The van der Waals surface area contributed by atoms with Crippen LogP contribution in [0, 0.1) is 25.2 Å². The number of hydrogen-bond acceptors (Lipinski definition) is 8. The second kappa shape index (κ2) is 11.4. The van der Waals surface area contributed by atoms with Gasteiger partial charge in [-0.2, -0.15) is 5.26 Å². The summed E-state index contributed by atoms with van der Waals surface area (Å²) in [7, 11) is 1.96. The van der Waals surface area contributed by atoms with Crippen molar-refractivity contribution in [2.24, 2.45) is 0 Å². The molecule has 1 saturated heterocycles. The summed E-state index contributed by atoms with van der Waals surface area (Å²) in [5.74, 6) is 1.12. The number of rotatable bonds is 6. The Morgan fingerprint density at radius 2 is 2.05 bits per heavy atom. The summed E-state index contributed by atoms with van der Waals surface area (Å²) in [5.41, 5.74) is 3.85. The van der Waals surface area contributed by atoms with Gasteiger partial charge in [0.25, 0.3) is 0 Å². The second-order valence-corrected chi connectivity index (χ2v) is 11.4. The van der Waals surface area contributed by atoms with Crippen LogP contribution in [-0.2, 0) is 24.3 Å². The molecule has 0 atom stereocenters. The minimum absolute atomic E-state index is 0.121. The van der Waals surface area contributed by atoms with E-state index in [9.17, 15) is 14.9 Å². The number of nitrogens with zero attached hydrogens (tertiary/aromatic N) is 6. The molecule has 10 nitrogen and oxygen atoms in total. The van der Waals surface area contributed by atoms with E-state index in [0.717, 1.165) is 41.1 Å². The van der Waals surface area contributed by atoms with Gasteiger partial charge in [0, 0.05) is 60.4 Å². The Labute approximate surface area is 232 Å². The molecule has 0 radical (unpaired) electrons. The number of amides is 3. The van der Waals surface area contributed by atoms with Gasteiger partial charge in [0.1, 0.15) is 17.7 Å². The molecule has 5 heterocycles. The van der Waals surface area contributed by atoms with Crippen LogP contribution in [0.5, 0.6) is 0 Å². The Morgan fingerprint density at radius 1 is 1.21 bits per heavy atom. The van der Waals surface area contributed by atoms with Crippen LogP contribution in [0.15, 0.2) is 30.5 Å². The van der Waals surface area contributed by atoms with E-state index < -0.39 is 0 Å². The molecule has 3 aromatic heterocycles. The standard InChI is InChI=1S/C28H32N8O2S/c1-18-6-7-23(39-18)15-30-24-12-25(31-14-22(24)13-29)33-28(38)36-8-4-5-20-11-21(19(2)32-27(20)36)16-35-10-9-34(3)17-26(35)37/h6-7,11-12,14H,4-5,8-10,15-17H2,1-3H3,(H2,30,31,33,38). The Bertz CT molecular complexity index is 1450. The predicted octanol–water partition coefficient (Wildman–Crippen LogP) is 3.90. The van der Waals surface area contributed by atoms with E-state index in [1.165, 1.54) is 11.1 Å². The van der Waals surface area contributed by atoms with Crippen molar-refractivity contribution < 1.29 is 9.59 Å². The van der Waals surface area contributed by atoms with Crippen molar-refractivity contribution in [2.45, 2.75) is 39.8 Å². The first-order chi connectivity index (χ1) is 18.8. The summed E-state index contributed by atoms with van der Waals surface area (Å²) >= 11 is 1.69. The third-order valence-corrected chi connectivity index (χ3v) is 8.08. The average Bonchev–Trinajstić information content (AvgIpc) is 3.34. The quantitative estimate of drug-likeness (QED) is 0.483. The van der Waals surface area contributed by atoms with E-state index in [1.54, 1.807) is 22.3 Å².